The number of nitrogens with zero attached hydrogens (tertiary/aromatic N) is 4. The highest BCUT2D eigenvalue weighted by Crippen LogP contribution is 2.38. The maximum atomic E-state index is 15.1. The molecule has 1 aliphatic heterocycles. The van der Waals surface area contributed by atoms with Gasteiger partial charge in [-0.1, -0.05) is 0 Å². The van der Waals surface area contributed by atoms with Crippen LogP contribution in [-0.2, 0) is 0 Å². The summed E-state index contributed by atoms with van der Waals surface area (Å²) in [7, 11) is 1.45. The van der Waals surface area contributed by atoms with Crippen molar-refractivity contribution < 1.29 is 18.3 Å². The van der Waals surface area contributed by atoms with Gasteiger partial charge in [0.05, 0.1) is 34.8 Å². The standard InChI is InChI=1S/C26H24F2N4O3/c1-35-23-5-4-19-24(29-23)20(25(33)30-9-6-15(27)7-10-30)14-32(26(19)34)17-12-21(28)18-8-11-31(16-2-3-16)22(18)13-17/h4-5,8,11-16H,2-3,6-7,9-10H2,1H3. The molecule has 0 unspecified atom stereocenters. The Morgan fingerprint density at radius 3 is 2.57 bits per heavy atom. The molecule has 7 nitrogen and oxygen atoms in total. The molecule has 3 aromatic heterocycles. The molecule has 1 aliphatic carbocycles. The SMILES string of the molecule is COc1ccc2c(=O)n(-c3cc(F)c4ccn(C5CC5)c4c3)cc(C(=O)N3CCC(F)CC3)c2n1. The number of hydrogen-bond donors (Lipinski definition) is 0. The highest BCUT2D eigenvalue weighted by Gasteiger charge is 2.28. The van der Waals surface area contributed by atoms with E-state index in [1.807, 2.05) is 10.8 Å². The van der Waals surface area contributed by atoms with E-state index in [1.165, 1.54) is 23.9 Å². The van der Waals surface area contributed by atoms with Crippen molar-refractivity contribution >= 4 is 27.7 Å². The normalized spacial score (nSPS) is 16.8. The highest BCUT2D eigenvalue weighted by atomic mass is 19.1. The van der Waals surface area contributed by atoms with Gasteiger partial charge in [0.1, 0.15) is 12.0 Å². The van der Waals surface area contributed by atoms with Gasteiger partial charge in [0.15, 0.2) is 0 Å². The zero-order valence-corrected chi connectivity index (χ0v) is 19.2. The second-order valence-corrected chi connectivity index (χ2v) is 9.25. The molecule has 0 atom stereocenters. The Morgan fingerprint density at radius 2 is 1.86 bits per heavy atom. The first-order valence-corrected chi connectivity index (χ1v) is 11.8. The molecular formula is C26H24F2N4O3. The lowest BCUT2D eigenvalue weighted by Crippen LogP contribution is -2.39. The number of rotatable bonds is 4. The fourth-order valence-corrected chi connectivity index (χ4v) is 4.89. The zero-order valence-electron chi connectivity index (χ0n) is 19.2. The van der Waals surface area contributed by atoms with Crippen LogP contribution < -0.4 is 10.3 Å². The first kappa shape index (κ1) is 21.8. The first-order valence-electron chi connectivity index (χ1n) is 11.8. The molecule has 1 saturated carbocycles. The van der Waals surface area contributed by atoms with Gasteiger partial charge in [-0.3, -0.25) is 14.2 Å². The number of fused-ring (bicyclic) bond motifs is 2. The molecule has 2 aliphatic rings. The van der Waals surface area contributed by atoms with Crippen molar-refractivity contribution in [1.29, 1.82) is 0 Å². The number of pyridine rings is 2. The maximum absolute atomic E-state index is 15.1. The minimum Gasteiger partial charge on any atom is -0.481 e. The monoisotopic (exact) mass is 478 g/mol. The van der Waals surface area contributed by atoms with Crippen LogP contribution in [-0.4, -0.2) is 51.3 Å². The summed E-state index contributed by atoms with van der Waals surface area (Å²) in [6, 6.07) is 8.29. The molecule has 1 amide bonds. The van der Waals surface area contributed by atoms with E-state index < -0.39 is 17.5 Å². The van der Waals surface area contributed by atoms with E-state index in [4.69, 9.17) is 4.74 Å². The summed E-state index contributed by atoms with van der Waals surface area (Å²) in [5.74, 6) is -0.519. The molecule has 4 aromatic rings. The quantitative estimate of drug-likeness (QED) is 0.436. The molecule has 180 valence electrons. The van der Waals surface area contributed by atoms with Gasteiger partial charge in [0.2, 0.25) is 5.88 Å². The topological polar surface area (TPSA) is 69.4 Å². The molecule has 4 heterocycles. The van der Waals surface area contributed by atoms with E-state index in [9.17, 15) is 14.0 Å². The van der Waals surface area contributed by atoms with Crippen LogP contribution in [0.5, 0.6) is 5.88 Å². The number of ether oxygens (including phenoxy) is 1. The van der Waals surface area contributed by atoms with Crippen LogP contribution in [0, 0.1) is 5.82 Å². The zero-order chi connectivity index (χ0) is 24.3. The van der Waals surface area contributed by atoms with E-state index in [-0.39, 0.29) is 54.2 Å². The summed E-state index contributed by atoms with van der Waals surface area (Å²) in [4.78, 5) is 33.0. The Hall–Kier alpha value is -3.75. The van der Waals surface area contributed by atoms with Crippen LogP contribution in [0.4, 0.5) is 8.78 Å². The Morgan fingerprint density at radius 1 is 1.09 bits per heavy atom. The third-order valence-corrected chi connectivity index (χ3v) is 6.97. The Balaban J connectivity index is 1.55. The lowest BCUT2D eigenvalue weighted by molar-refractivity contribution is 0.0668. The molecular weight excluding hydrogens is 454 g/mol. The van der Waals surface area contributed by atoms with Crippen LogP contribution in [0.1, 0.15) is 42.1 Å². The average Bonchev–Trinajstić information content (AvgIpc) is 3.62. The number of halogens is 2. The van der Waals surface area contributed by atoms with Crippen LogP contribution in [0.25, 0.3) is 27.5 Å². The van der Waals surface area contributed by atoms with Gasteiger partial charge in [0.25, 0.3) is 11.5 Å². The van der Waals surface area contributed by atoms with Crippen LogP contribution in [0.2, 0.25) is 0 Å². The number of methoxy groups -OCH3 is 1. The molecule has 0 bridgehead atoms. The molecule has 2 fully saturated rings. The van der Waals surface area contributed by atoms with Crippen LogP contribution in [0.15, 0.2) is 47.5 Å². The van der Waals surface area contributed by atoms with E-state index in [0.717, 1.165) is 12.8 Å². The Bertz CT molecular complexity index is 1530. The van der Waals surface area contributed by atoms with Crippen molar-refractivity contribution in [3.05, 3.63) is 64.5 Å². The van der Waals surface area contributed by atoms with E-state index in [2.05, 4.69) is 4.98 Å². The maximum Gasteiger partial charge on any atom is 0.264 e. The fraction of sp³-hybridized carbons (Fsp3) is 0.346. The second-order valence-electron chi connectivity index (χ2n) is 9.25. The molecule has 35 heavy (non-hydrogen) atoms. The van der Waals surface area contributed by atoms with Gasteiger partial charge in [0, 0.05) is 43.0 Å². The van der Waals surface area contributed by atoms with Crippen molar-refractivity contribution in [2.45, 2.75) is 37.9 Å². The van der Waals surface area contributed by atoms with Crippen LogP contribution >= 0.6 is 0 Å². The van der Waals surface area contributed by atoms with Crippen molar-refractivity contribution in [3.63, 3.8) is 0 Å². The smallest absolute Gasteiger partial charge is 0.264 e. The van der Waals surface area contributed by atoms with Gasteiger partial charge < -0.3 is 14.2 Å². The fourth-order valence-electron chi connectivity index (χ4n) is 4.89. The first-order chi connectivity index (χ1) is 16.9. The predicted molar refractivity (Wildman–Crippen MR) is 128 cm³/mol. The number of benzene rings is 1. The summed E-state index contributed by atoms with van der Waals surface area (Å²) >= 11 is 0. The molecule has 0 spiro atoms. The number of hydrogen-bond acceptors (Lipinski definition) is 4. The largest absolute Gasteiger partial charge is 0.481 e. The van der Waals surface area contributed by atoms with E-state index in [1.54, 1.807) is 29.2 Å². The van der Waals surface area contributed by atoms with Crippen molar-refractivity contribution in [1.82, 2.24) is 19.0 Å². The number of amides is 1. The van der Waals surface area contributed by atoms with Crippen molar-refractivity contribution in [2.75, 3.05) is 20.2 Å². The molecule has 0 N–H and O–H groups in total. The number of carbonyl (C=O) groups excluding carboxylic acids is 1. The lowest BCUT2D eigenvalue weighted by Gasteiger charge is -2.29. The van der Waals surface area contributed by atoms with Gasteiger partial charge in [-0.25, -0.2) is 13.8 Å². The summed E-state index contributed by atoms with van der Waals surface area (Å²) in [6.45, 7) is 0.556. The van der Waals surface area contributed by atoms with Crippen molar-refractivity contribution in [2.24, 2.45) is 0 Å². The highest BCUT2D eigenvalue weighted by molar-refractivity contribution is 6.05. The molecule has 9 heteroatoms. The van der Waals surface area contributed by atoms with E-state index >= 15 is 4.39 Å². The molecule has 0 radical (unpaired) electrons. The number of carbonyl (C=O) groups is 1. The Labute approximate surface area is 199 Å². The molecule has 1 aromatic carbocycles. The molecule has 1 saturated heterocycles. The third kappa shape index (κ3) is 3.66. The van der Waals surface area contributed by atoms with Gasteiger partial charge >= 0.3 is 0 Å². The minimum atomic E-state index is -0.930. The van der Waals surface area contributed by atoms with Gasteiger partial charge in [-0.15, -0.1) is 0 Å². The van der Waals surface area contributed by atoms with Crippen LogP contribution in [0.3, 0.4) is 0 Å². The van der Waals surface area contributed by atoms with Gasteiger partial charge in [-0.2, -0.15) is 0 Å². The average molecular weight is 478 g/mol. The number of aromatic nitrogens is 3. The van der Waals surface area contributed by atoms with E-state index in [0.29, 0.717) is 22.6 Å². The summed E-state index contributed by atoms with van der Waals surface area (Å²) < 4.78 is 37.3. The summed E-state index contributed by atoms with van der Waals surface area (Å²) in [5, 5.41) is 0.710. The third-order valence-electron chi connectivity index (χ3n) is 6.97. The summed E-state index contributed by atoms with van der Waals surface area (Å²) in [5.41, 5.74) is 1.02. The number of alkyl halides is 1. The number of piperidine rings is 1. The summed E-state index contributed by atoms with van der Waals surface area (Å²) in [6.07, 6.45) is 4.96. The Kier molecular flexibility index (Phi) is 5.09. The van der Waals surface area contributed by atoms with Crippen molar-refractivity contribution in [3.8, 4) is 11.6 Å². The number of likely N-dealkylation sites (tertiary alicyclic amines) is 1. The minimum absolute atomic E-state index is 0.189. The molecule has 6 rings (SSSR count). The predicted octanol–water partition coefficient (Wildman–Crippen LogP) is 4.40. The lowest BCUT2D eigenvalue weighted by atomic mass is 10.1. The van der Waals surface area contributed by atoms with Gasteiger partial charge in [-0.05, 0) is 49.9 Å². The second kappa shape index (κ2) is 8.18.